The van der Waals surface area contributed by atoms with Gasteiger partial charge in [0.15, 0.2) is 12.0 Å². The second-order valence-corrected chi connectivity index (χ2v) is 10.8. The zero-order valence-electron chi connectivity index (χ0n) is 11.6. The number of thiol groups is 1. The van der Waals surface area contributed by atoms with Crippen LogP contribution in [0.15, 0.2) is 63.1 Å². The average molecular weight is 321 g/mol. The minimum Gasteiger partial charge on any atom is -0.443 e. The summed E-state index contributed by atoms with van der Waals surface area (Å²) in [5.41, 5.74) is 2.38. The molecule has 3 rings (SSSR count). The molecule has 0 amide bonds. The zero-order valence-corrected chi connectivity index (χ0v) is 13.4. The molecular weight excluding hydrogens is 306 g/mol. The predicted molar refractivity (Wildman–Crippen MR) is 85.5 cm³/mol. The monoisotopic (exact) mass is 321 g/mol. The summed E-state index contributed by atoms with van der Waals surface area (Å²) in [5, 5.41) is 0. The van der Waals surface area contributed by atoms with Crippen LogP contribution in [0.5, 0.6) is 0 Å². The number of fused-ring (bicyclic) bond motifs is 1. The van der Waals surface area contributed by atoms with Crippen molar-refractivity contribution in [3.8, 4) is 0 Å². The highest BCUT2D eigenvalue weighted by Gasteiger charge is 2.21. The van der Waals surface area contributed by atoms with Crippen molar-refractivity contribution in [2.75, 3.05) is 6.26 Å². The lowest BCUT2D eigenvalue weighted by atomic mass is 10.2. The third-order valence-electron chi connectivity index (χ3n) is 3.36. The third-order valence-corrected chi connectivity index (χ3v) is 9.38. The molecule has 0 fully saturated rings. The third kappa shape index (κ3) is 2.56. The quantitative estimate of drug-likeness (QED) is 0.592. The van der Waals surface area contributed by atoms with E-state index in [-0.39, 0.29) is 0 Å². The molecule has 0 saturated heterocycles. The fraction of sp³-hybridized carbons (Fsp3) is 0.133. The molecule has 110 valence electrons. The Morgan fingerprint density at radius 3 is 2.52 bits per heavy atom. The van der Waals surface area contributed by atoms with Crippen LogP contribution in [0.3, 0.4) is 0 Å². The van der Waals surface area contributed by atoms with Crippen LogP contribution in [-0.4, -0.2) is 19.7 Å². The van der Waals surface area contributed by atoms with Crippen molar-refractivity contribution < 1.29 is 12.8 Å². The molecule has 1 atom stereocenters. The van der Waals surface area contributed by atoms with Gasteiger partial charge in [0.25, 0.3) is 0 Å². The minimum atomic E-state index is -3.35. The van der Waals surface area contributed by atoms with Gasteiger partial charge in [-0.15, -0.1) is 9.93 Å². The number of benzene rings is 2. The van der Waals surface area contributed by atoms with E-state index in [1.165, 1.54) is 6.39 Å². The van der Waals surface area contributed by atoms with Gasteiger partial charge in [0.1, 0.15) is 5.52 Å². The molecule has 0 bridgehead atoms. The summed E-state index contributed by atoms with van der Waals surface area (Å²) >= 11 is 0. The molecule has 6 heteroatoms. The molecule has 0 aliphatic rings. The zero-order chi connectivity index (χ0) is 15.0. The van der Waals surface area contributed by atoms with Gasteiger partial charge in [0, 0.05) is 4.90 Å². The fourth-order valence-corrected chi connectivity index (χ4v) is 6.20. The summed E-state index contributed by atoms with van der Waals surface area (Å²) in [6.07, 6.45) is 3.12. The maximum absolute atomic E-state index is 12.7. The molecule has 0 aliphatic carbocycles. The largest absolute Gasteiger partial charge is 0.443 e. The van der Waals surface area contributed by atoms with E-state index in [2.05, 4.69) is 4.98 Å². The molecule has 2 aromatic carbocycles. The van der Waals surface area contributed by atoms with Crippen molar-refractivity contribution in [1.29, 1.82) is 0 Å². The van der Waals surface area contributed by atoms with E-state index in [4.69, 9.17) is 4.42 Å². The van der Waals surface area contributed by atoms with Crippen molar-refractivity contribution in [3.05, 3.63) is 54.4 Å². The molecule has 0 aliphatic heterocycles. The Morgan fingerprint density at radius 2 is 1.81 bits per heavy atom. The van der Waals surface area contributed by atoms with Crippen LogP contribution in [0.1, 0.15) is 5.56 Å². The number of nitrogens with zero attached hydrogens (tertiary/aromatic N) is 1. The first kappa shape index (κ1) is 14.2. The smallest absolute Gasteiger partial charge is 0.214 e. The molecule has 0 spiro atoms. The molecule has 1 unspecified atom stereocenters. The van der Waals surface area contributed by atoms with E-state index < -0.39 is 18.8 Å². The van der Waals surface area contributed by atoms with Crippen molar-refractivity contribution in [3.63, 3.8) is 0 Å². The van der Waals surface area contributed by atoms with Gasteiger partial charge in [0.05, 0.1) is 4.90 Å². The van der Waals surface area contributed by atoms with Gasteiger partial charge in [-0.25, -0.2) is 13.4 Å². The Bertz CT molecular complexity index is 883. The van der Waals surface area contributed by atoms with Crippen LogP contribution in [0.25, 0.3) is 11.1 Å². The second-order valence-electron chi connectivity index (χ2n) is 4.79. The first-order valence-electron chi connectivity index (χ1n) is 6.37. The van der Waals surface area contributed by atoms with Gasteiger partial charge in [-0.2, -0.15) is 0 Å². The van der Waals surface area contributed by atoms with E-state index in [9.17, 15) is 8.42 Å². The predicted octanol–water partition coefficient (Wildman–Crippen LogP) is 3.52. The first-order valence-corrected chi connectivity index (χ1v) is 10.2. The molecule has 0 N–H and O–H groups in total. The lowest BCUT2D eigenvalue weighted by molar-refractivity contribution is 0.602. The van der Waals surface area contributed by atoms with Crippen LogP contribution < -0.4 is 0 Å². The Kier molecular flexibility index (Phi) is 3.51. The Labute approximate surface area is 125 Å². The van der Waals surface area contributed by atoms with Crippen LogP contribution >= 0.6 is 9.93 Å². The number of hydrogen-bond donors (Lipinski definition) is 1. The van der Waals surface area contributed by atoms with Gasteiger partial charge in [-0.1, -0.05) is 17.7 Å². The number of aromatic nitrogens is 1. The number of rotatable bonds is 3. The van der Waals surface area contributed by atoms with Crippen molar-refractivity contribution in [2.24, 2.45) is 0 Å². The van der Waals surface area contributed by atoms with Crippen LogP contribution in [0.2, 0.25) is 0 Å². The van der Waals surface area contributed by atoms with Gasteiger partial charge in [-0.3, -0.25) is 0 Å². The van der Waals surface area contributed by atoms with E-state index in [0.717, 1.165) is 10.5 Å². The van der Waals surface area contributed by atoms with Crippen LogP contribution in [0, 0.1) is 6.92 Å². The van der Waals surface area contributed by atoms with Crippen molar-refractivity contribution in [2.45, 2.75) is 16.7 Å². The summed E-state index contributed by atoms with van der Waals surface area (Å²) in [6, 6.07) is 12.3. The maximum Gasteiger partial charge on any atom is 0.214 e. The summed E-state index contributed by atoms with van der Waals surface area (Å²) in [5.74, 6) is 0. The molecule has 1 heterocycles. The average Bonchev–Trinajstić information content (AvgIpc) is 2.94. The van der Waals surface area contributed by atoms with E-state index in [1.54, 1.807) is 36.6 Å². The van der Waals surface area contributed by atoms with Crippen molar-refractivity contribution in [1.82, 2.24) is 4.98 Å². The fourth-order valence-electron chi connectivity index (χ4n) is 2.05. The molecule has 1 aromatic heterocycles. The maximum atomic E-state index is 12.7. The van der Waals surface area contributed by atoms with E-state index >= 15 is 0 Å². The number of hydrogen-bond acceptors (Lipinski definition) is 4. The molecule has 21 heavy (non-hydrogen) atoms. The standard InChI is InChI=1S/C15H15NO3S2/c1-11-3-6-13(7-4-11)21(17,18)20(2)12-5-8-15-14(9-12)16-10-19-15/h3-10,20H,1-2H3. The molecule has 0 saturated carbocycles. The van der Waals surface area contributed by atoms with E-state index in [1.807, 2.05) is 19.1 Å². The number of oxazole rings is 1. The summed E-state index contributed by atoms with van der Waals surface area (Å²) < 4.78 is 30.6. The topological polar surface area (TPSA) is 60.2 Å². The highest BCUT2D eigenvalue weighted by Crippen LogP contribution is 2.43. The summed E-state index contributed by atoms with van der Waals surface area (Å²) in [6.45, 7) is 1.93. The van der Waals surface area contributed by atoms with Gasteiger partial charge >= 0.3 is 0 Å². The highest BCUT2D eigenvalue weighted by molar-refractivity contribution is 8.80. The molecular formula is C15H15NO3S2. The normalized spacial score (nSPS) is 14.3. The van der Waals surface area contributed by atoms with Gasteiger partial charge in [-0.05, 0) is 43.5 Å². The van der Waals surface area contributed by atoms with Gasteiger partial charge in [0.2, 0.25) is 8.87 Å². The lowest BCUT2D eigenvalue weighted by Crippen LogP contribution is -2.01. The van der Waals surface area contributed by atoms with E-state index in [0.29, 0.717) is 16.0 Å². The minimum absolute atomic E-state index is 0.363. The Hall–Kier alpha value is -1.79. The molecule has 0 radical (unpaired) electrons. The SMILES string of the molecule is Cc1ccc(S(=O)(=O)[SH](C)c2ccc3ocnc3c2)cc1. The Balaban J connectivity index is 2.03. The Morgan fingerprint density at radius 1 is 1.10 bits per heavy atom. The van der Waals surface area contributed by atoms with Crippen molar-refractivity contribution >= 4 is 29.9 Å². The lowest BCUT2D eigenvalue weighted by Gasteiger charge is -2.17. The van der Waals surface area contributed by atoms with Gasteiger partial charge < -0.3 is 4.42 Å². The highest BCUT2D eigenvalue weighted by atomic mass is 33.2. The van der Waals surface area contributed by atoms with Crippen LogP contribution in [0.4, 0.5) is 0 Å². The second kappa shape index (κ2) is 5.20. The molecule has 3 aromatic rings. The van der Waals surface area contributed by atoms with Crippen LogP contribution in [-0.2, 0) is 8.87 Å². The number of aryl methyl sites for hydroxylation is 1. The summed E-state index contributed by atoms with van der Waals surface area (Å²) in [7, 11) is -4.72. The summed E-state index contributed by atoms with van der Waals surface area (Å²) in [4.78, 5) is 5.21. The first-order chi connectivity index (χ1) is 9.98. The molecule has 4 nitrogen and oxygen atoms in total.